The van der Waals surface area contributed by atoms with Crippen LogP contribution in [0.1, 0.15) is 19.8 Å². The van der Waals surface area contributed by atoms with Gasteiger partial charge < -0.3 is 9.47 Å². The minimum Gasteiger partial charge on any atom is -0.462 e. The normalized spacial score (nSPS) is 33.0. The first-order chi connectivity index (χ1) is 7.25. The van der Waals surface area contributed by atoms with Crippen LogP contribution in [0.25, 0.3) is 0 Å². The number of rotatable bonds is 3. The second-order valence-electron chi connectivity index (χ2n) is 4.42. The van der Waals surface area contributed by atoms with Gasteiger partial charge in [0.05, 0.1) is 25.2 Å². The quantitative estimate of drug-likeness (QED) is 0.646. The van der Waals surface area contributed by atoms with Crippen LogP contribution in [0.3, 0.4) is 0 Å². The molecule has 2 atom stereocenters. The molecule has 4 nitrogen and oxygen atoms in total. The zero-order valence-corrected chi connectivity index (χ0v) is 9.28. The van der Waals surface area contributed by atoms with Crippen LogP contribution >= 0.6 is 0 Å². The van der Waals surface area contributed by atoms with Gasteiger partial charge in [0.1, 0.15) is 0 Å². The molecule has 2 aliphatic rings. The second kappa shape index (κ2) is 4.94. The van der Waals surface area contributed by atoms with E-state index in [0.717, 1.165) is 45.7 Å². The van der Waals surface area contributed by atoms with Crippen LogP contribution in [0.5, 0.6) is 0 Å². The first kappa shape index (κ1) is 10.9. The van der Waals surface area contributed by atoms with Gasteiger partial charge in [0, 0.05) is 13.1 Å². The lowest BCUT2D eigenvalue weighted by atomic mass is 10.0. The zero-order valence-electron chi connectivity index (χ0n) is 9.28. The molecule has 2 aliphatic heterocycles. The van der Waals surface area contributed by atoms with Crippen molar-refractivity contribution < 1.29 is 14.3 Å². The maximum Gasteiger partial charge on any atom is 0.309 e. The molecule has 0 aromatic carbocycles. The predicted octanol–water partition coefficient (Wildman–Crippen LogP) is 0.660. The van der Waals surface area contributed by atoms with Crippen molar-refractivity contribution >= 4 is 5.97 Å². The number of morpholine rings is 1. The molecule has 15 heavy (non-hydrogen) atoms. The molecule has 4 heteroatoms. The van der Waals surface area contributed by atoms with Crippen molar-refractivity contribution in [2.24, 2.45) is 5.92 Å². The Morgan fingerprint density at radius 3 is 2.73 bits per heavy atom. The Hall–Kier alpha value is -0.610. The number of carbonyl (C=O) groups excluding carboxylic acids is 1. The van der Waals surface area contributed by atoms with Gasteiger partial charge in [-0.05, 0) is 26.3 Å². The van der Waals surface area contributed by atoms with Crippen LogP contribution in [-0.2, 0) is 14.3 Å². The highest BCUT2D eigenvalue weighted by atomic mass is 16.5. The minimum absolute atomic E-state index is 0.00393. The van der Waals surface area contributed by atoms with E-state index in [1.165, 1.54) is 0 Å². The molecule has 0 N–H and O–H groups in total. The Morgan fingerprint density at radius 1 is 1.40 bits per heavy atom. The Labute approximate surface area is 90.5 Å². The summed E-state index contributed by atoms with van der Waals surface area (Å²) in [5.41, 5.74) is 0. The van der Waals surface area contributed by atoms with Crippen LogP contribution in [0.2, 0.25) is 0 Å². The Kier molecular flexibility index (Phi) is 3.59. The van der Waals surface area contributed by atoms with Gasteiger partial charge in [0.25, 0.3) is 0 Å². The summed E-state index contributed by atoms with van der Waals surface area (Å²) in [6.45, 7) is 6.61. The molecule has 0 spiro atoms. The summed E-state index contributed by atoms with van der Waals surface area (Å²) in [4.78, 5) is 13.8. The van der Waals surface area contributed by atoms with Gasteiger partial charge in [0.15, 0.2) is 0 Å². The summed E-state index contributed by atoms with van der Waals surface area (Å²) in [6, 6.07) is 0. The summed E-state index contributed by atoms with van der Waals surface area (Å²) in [7, 11) is 0. The Balaban J connectivity index is 1.70. The van der Waals surface area contributed by atoms with Crippen molar-refractivity contribution in [2.45, 2.75) is 25.9 Å². The van der Waals surface area contributed by atoms with Crippen LogP contribution in [0, 0.1) is 5.92 Å². The summed E-state index contributed by atoms with van der Waals surface area (Å²) in [6.07, 6.45) is 1.94. The summed E-state index contributed by atoms with van der Waals surface area (Å²) in [5, 5.41) is 0. The van der Waals surface area contributed by atoms with Crippen molar-refractivity contribution in [1.82, 2.24) is 4.90 Å². The Morgan fingerprint density at radius 2 is 2.13 bits per heavy atom. The molecule has 0 radical (unpaired) electrons. The predicted molar refractivity (Wildman–Crippen MR) is 55.5 cm³/mol. The summed E-state index contributed by atoms with van der Waals surface area (Å²) in [5.74, 6) is 0.124. The van der Waals surface area contributed by atoms with Crippen molar-refractivity contribution in [3.63, 3.8) is 0 Å². The fourth-order valence-electron chi connectivity index (χ4n) is 2.24. The first-order valence-electron chi connectivity index (χ1n) is 5.76. The lowest BCUT2D eigenvalue weighted by molar-refractivity contribution is -0.144. The lowest BCUT2D eigenvalue weighted by Gasteiger charge is -2.26. The van der Waals surface area contributed by atoms with Gasteiger partial charge in [-0.3, -0.25) is 9.69 Å². The first-order valence-corrected chi connectivity index (χ1v) is 5.76. The largest absolute Gasteiger partial charge is 0.462 e. The molecule has 2 rings (SSSR count). The molecule has 86 valence electrons. The van der Waals surface area contributed by atoms with E-state index in [1.807, 2.05) is 6.92 Å². The fourth-order valence-corrected chi connectivity index (χ4v) is 2.24. The van der Waals surface area contributed by atoms with E-state index in [0.29, 0.717) is 0 Å². The molecular weight excluding hydrogens is 194 g/mol. The highest BCUT2D eigenvalue weighted by Gasteiger charge is 2.31. The van der Waals surface area contributed by atoms with Crippen molar-refractivity contribution in [3.05, 3.63) is 0 Å². The topological polar surface area (TPSA) is 38.8 Å². The van der Waals surface area contributed by atoms with Crippen LogP contribution in [0.4, 0.5) is 0 Å². The molecule has 0 aromatic rings. The maximum absolute atomic E-state index is 11.4. The number of nitrogens with zero attached hydrogens (tertiary/aromatic N) is 1. The number of esters is 1. The van der Waals surface area contributed by atoms with E-state index in [1.54, 1.807) is 0 Å². The Bertz CT molecular complexity index is 226. The number of cyclic esters (lactones) is 1. The van der Waals surface area contributed by atoms with Gasteiger partial charge >= 0.3 is 5.97 Å². The monoisotopic (exact) mass is 213 g/mol. The third-order valence-electron chi connectivity index (χ3n) is 3.16. The van der Waals surface area contributed by atoms with Crippen molar-refractivity contribution in [1.29, 1.82) is 0 Å². The number of hydrogen-bond donors (Lipinski definition) is 0. The van der Waals surface area contributed by atoms with E-state index in [2.05, 4.69) is 4.90 Å². The fraction of sp³-hybridized carbons (Fsp3) is 0.909. The highest BCUT2D eigenvalue weighted by Crippen LogP contribution is 2.23. The molecule has 0 saturated carbocycles. The van der Waals surface area contributed by atoms with E-state index >= 15 is 0 Å². The van der Waals surface area contributed by atoms with E-state index in [9.17, 15) is 4.79 Å². The zero-order chi connectivity index (χ0) is 10.7. The average Bonchev–Trinajstić information content (AvgIpc) is 2.56. The van der Waals surface area contributed by atoms with Crippen LogP contribution in [0.15, 0.2) is 0 Å². The van der Waals surface area contributed by atoms with Gasteiger partial charge in [-0.25, -0.2) is 0 Å². The third-order valence-corrected chi connectivity index (χ3v) is 3.16. The number of carbonyl (C=O) groups is 1. The van der Waals surface area contributed by atoms with Crippen LogP contribution in [-0.4, -0.2) is 49.8 Å². The minimum atomic E-state index is -0.00393. The highest BCUT2D eigenvalue weighted by molar-refractivity contribution is 5.74. The van der Waals surface area contributed by atoms with Gasteiger partial charge in [-0.15, -0.1) is 0 Å². The van der Waals surface area contributed by atoms with E-state index in [-0.39, 0.29) is 18.0 Å². The molecule has 2 saturated heterocycles. The van der Waals surface area contributed by atoms with Crippen LogP contribution < -0.4 is 0 Å². The molecule has 0 amide bonds. The van der Waals surface area contributed by atoms with Gasteiger partial charge in [0.2, 0.25) is 0 Å². The average molecular weight is 213 g/mol. The molecule has 0 aromatic heterocycles. The van der Waals surface area contributed by atoms with E-state index in [4.69, 9.17) is 9.47 Å². The van der Waals surface area contributed by atoms with Crippen molar-refractivity contribution in [3.8, 4) is 0 Å². The number of ether oxygens (including phenoxy) is 2. The lowest BCUT2D eigenvalue weighted by Crippen LogP contribution is -2.37. The summed E-state index contributed by atoms with van der Waals surface area (Å²) >= 11 is 0. The molecule has 0 aliphatic carbocycles. The molecule has 0 bridgehead atoms. The summed E-state index contributed by atoms with van der Waals surface area (Å²) < 4.78 is 10.4. The van der Waals surface area contributed by atoms with Crippen molar-refractivity contribution in [2.75, 3.05) is 32.8 Å². The van der Waals surface area contributed by atoms with Gasteiger partial charge in [-0.2, -0.15) is 0 Å². The molecule has 2 heterocycles. The second-order valence-corrected chi connectivity index (χ2v) is 4.42. The van der Waals surface area contributed by atoms with Gasteiger partial charge in [-0.1, -0.05) is 0 Å². The SMILES string of the molecule is C[C@@H]1C[C@H](CCN2CCOCC2)C(=O)O1. The third kappa shape index (κ3) is 2.92. The number of hydrogen-bond acceptors (Lipinski definition) is 4. The maximum atomic E-state index is 11.4. The smallest absolute Gasteiger partial charge is 0.309 e. The van der Waals surface area contributed by atoms with E-state index < -0.39 is 0 Å². The molecule has 0 unspecified atom stereocenters. The standard InChI is InChI=1S/C11H19NO3/c1-9-8-10(11(13)15-9)2-3-12-4-6-14-7-5-12/h9-10H,2-8H2,1H3/t9-,10+/m1/s1. The molecular formula is C11H19NO3. The molecule has 2 fully saturated rings.